The van der Waals surface area contributed by atoms with E-state index >= 15 is 0 Å². The Bertz CT molecular complexity index is 434. The second kappa shape index (κ2) is 6.99. The first-order chi connectivity index (χ1) is 9.62. The first kappa shape index (κ1) is 15.2. The van der Waals surface area contributed by atoms with Gasteiger partial charge in [0.1, 0.15) is 11.6 Å². The van der Waals surface area contributed by atoms with E-state index < -0.39 is 0 Å². The van der Waals surface area contributed by atoms with E-state index in [1.807, 2.05) is 13.0 Å². The molecule has 2 rings (SSSR count). The number of hydrogen-bond acceptors (Lipinski definition) is 5. The molecule has 1 fully saturated rings. The maximum absolute atomic E-state index is 4.60. The Kier molecular flexibility index (Phi) is 5.31. The number of nitrogens with zero attached hydrogens (tertiary/aromatic N) is 4. The van der Waals surface area contributed by atoms with Gasteiger partial charge in [0.15, 0.2) is 0 Å². The Morgan fingerprint density at radius 3 is 2.75 bits per heavy atom. The van der Waals surface area contributed by atoms with Crippen LogP contribution in [0.3, 0.4) is 0 Å². The molecule has 20 heavy (non-hydrogen) atoms. The van der Waals surface area contributed by atoms with Crippen LogP contribution in [0.25, 0.3) is 0 Å². The minimum absolute atomic E-state index is 0.617. The average molecular weight is 277 g/mol. The summed E-state index contributed by atoms with van der Waals surface area (Å²) in [6.07, 6.45) is 0. The van der Waals surface area contributed by atoms with Crippen LogP contribution in [0.2, 0.25) is 0 Å². The summed E-state index contributed by atoms with van der Waals surface area (Å²) in [5, 5.41) is 3.27. The number of piperazine rings is 1. The monoisotopic (exact) mass is 277 g/mol. The van der Waals surface area contributed by atoms with E-state index in [-0.39, 0.29) is 0 Å². The molecule has 1 aliphatic heterocycles. The molecular weight excluding hydrogens is 250 g/mol. The van der Waals surface area contributed by atoms with Crippen molar-refractivity contribution in [2.45, 2.75) is 40.3 Å². The molecule has 1 aliphatic rings. The largest absolute Gasteiger partial charge is 0.370 e. The molecule has 112 valence electrons. The van der Waals surface area contributed by atoms with Gasteiger partial charge in [0.05, 0.1) is 6.54 Å². The summed E-state index contributed by atoms with van der Waals surface area (Å²) in [4.78, 5) is 14.2. The SMILES string of the molecule is CCNc1cc(C)nc(CN2CCN(CC)C(C)C2)n1. The molecule has 0 aromatic carbocycles. The zero-order valence-electron chi connectivity index (χ0n) is 13.2. The number of aromatic nitrogens is 2. The summed E-state index contributed by atoms with van der Waals surface area (Å²) < 4.78 is 0. The van der Waals surface area contributed by atoms with E-state index in [1.165, 1.54) is 0 Å². The summed E-state index contributed by atoms with van der Waals surface area (Å²) in [6, 6.07) is 2.62. The van der Waals surface area contributed by atoms with Crippen LogP contribution in [0, 0.1) is 6.92 Å². The molecule has 5 heteroatoms. The van der Waals surface area contributed by atoms with Crippen molar-refractivity contribution in [1.29, 1.82) is 0 Å². The lowest BCUT2D eigenvalue weighted by molar-refractivity contribution is 0.0817. The van der Waals surface area contributed by atoms with E-state index in [0.29, 0.717) is 6.04 Å². The van der Waals surface area contributed by atoms with Gasteiger partial charge in [0, 0.05) is 44.0 Å². The van der Waals surface area contributed by atoms with Gasteiger partial charge in [0.2, 0.25) is 0 Å². The topological polar surface area (TPSA) is 44.3 Å². The first-order valence-corrected chi connectivity index (χ1v) is 7.67. The van der Waals surface area contributed by atoms with Crippen molar-refractivity contribution in [1.82, 2.24) is 19.8 Å². The highest BCUT2D eigenvalue weighted by atomic mass is 15.3. The number of likely N-dealkylation sites (N-methyl/N-ethyl adjacent to an activating group) is 1. The fourth-order valence-electron chi connectivity index (χ4n) is 2.86. The third kappa shape index (κ3) is 3.90. The molecule has 0 amide bonds. The van der Waals surface area contributed by atoms with Gasteiger partial charge in [-0.2, -0.15) is 0 Å². The van der Waals surface area contributed by atoms with E-state index in [9.17, 15) is 0 Å². The second-order valence-electron chi connectivity index (χ2n) is 5.55. The Morgan fingerprint density at radius 2 is 2.10 bits per heavy atom. The van der Waals surface area contributed by atoms with E-state index in [4.69, 9.17) is 0 Å². The smallest absolute Gasteiger partial charge is 0.144 e. The molecule has 0 spiro atoms. The Hall–Kier alpha value is -1.20. The van der Waals surface area contributed by atoms with Crippen LogP contribution in [-0.2, 0) is 6.54 Å². The van der Waals surface area contributed by atoms with Gasteiger partial charge in [0.25, 0.3) is 0 Å². The number of anilines is 1. The molecule has 0 saturated carbocycles. The number of rotatable bonds is 5. The molecule has 1 unspecified atom stereocenters. The predicted octanol–water partition coefficient (Wildman–Crippen LogP) is 1.74. The van der Waals surface area contributed by atoms with Crippen LogP contribution in [0.1, 0.15) is 32.3 Å². The van der Waals surface area contributed by atoms with Crippen molar-refractivity contribution in [3.63, 3.8) is 0 Å². The van der Waals surface area contributed by atoms with Gasteiger partial charge in [-0.25, -0.2) is 9.97 Å². The maximum atomic E-state index is 4.60. The Morgan fingerprint density at radius 1 is 1.30 bits per heavy atom. The fourth-order valence-corrected chi connectivity index (χ4v) is 2.86. The minimum Gasteiger partial charge on any atom is -0.370 e. The van der Waals surface area contributed by atoms with Gasteiger partial charge in [-0.05, 0) is 27.3 Å². The van der Waals surface area contributed by atoms with Crippen LogP contribution in [0.4, 0.5) is 5.82 Å². The first-order valence-electron chi connectivity index (χ1n) is 7.67. The molecular formula is C15H27N5. The minimum atomic E-state index is 0.617. The maximum Gasteiger partial charge on any atom is 0.144 e. The third-order valence-electron chi connectivity index (χ3n) is 3.88. The lowest BCUT2D eigenvalue weighted by atomic mass is 10.2. The molecule has 5 nitrogen and oxygen atoms in total. The van der Waals surface area contributed by atoms with Crippen molar-refractivity contribution >= 4 is 5.82 Å². The van der Waals surface area contributed by atoms with Crippen molar-refractivity contribution in [2.24, 2.45) is 0 Å². The zero-order chi connectivity index (χ0) is 14.5. The summed E-state index contributed by atoms with van der Waals surface area (Å²) in [5.41, 5.74) is 1.03. The summed E-state index contributed by atoms with van der Waals surface area (Å²) in [6.45, 7) is 14.9. The third-order valence-corrected chi connectivity index (χ3v) is 3.88. The highest BCUT2D eigenvalue weighted by Crippen LogP contribution is 2.13. The molecule has 1 N–H and O–H groups in total. The van der Waals surface area contributed by atoms with Crippen LogP contribution in [0.15, 0.2) is 6.07 Å². The quantitative estimate of drug-likeness (QED) is 0.888. The van der Waals surface area contributed by atoms with E-state index in [2.05, 4.69) is 45.9 Å². The molecule has 0 aliphatic carbocycles. The second-order valence-corrected chi connectivity index (χ2v) is 5.55. The number of nitrogens with one attached hydrogen (secondary N) is 1. The van der Waals surface area contributed by atoms with Crippen molar-refractivity contribution in [3.8, 4) is 0 Å². The highest BCUT2D eigenvalue weighted by Gasteiger charge is 2.22. The molecule has 1 saturated heterocycles. The van der Waals surface area contributed by atoms with Crippen molar-refractivity contribution < 1.29 is 0 Å². The van der Waals surface area contributed by atoms with Gasteiger partial charge in [-0.3, -0.25) is 9.80 Å². The zero-order valence-corrected chi connectivity index (χ0v) is 13.2. The predicted molar refractivity (Wildman–Crippen MR) is 82.9 cm³/mol. The van der Waals surface area contributed by atoms with Gasteiger partial charge in [-0.1, -0.05) is 6.92 Å². The Labute approximate surface area is 122 Å². The lowest BCUT2D eigenvalue weighted by Gasteiger charge is -2.39. The molecule has 1 atom stereocenters. The molecule has 1 aromatic heterocycles. The fraction of sp³-hybridized carbons (Fsp3) is 0.733. The highest BCUT2D eigenvalue weighted by molar-refractivity contribution is 5.35. The van der Waals surface area contributed by atoms with Gasteiger partial charge in [-0.15, -0.1) is 0 Å². The van der Waals surface area contributed by atoms with Crippen LogP contribution in [0.5, 0.6) is 0 Å². The Balaban J connectivity index is 1.99. The molecule has 0 radical (unpaired) electrons. The summed E-state index contributed by atoms with van der Waals surface area (Å²) in [7, 11) is 0. The van der Waals surface area contributed by atoms with Gasteiger partial charge < -0.3 is 5.32 Å². The normalized spacial score (nSPS) is 21.1. The molecule has 2 heterocycles. The molecule has 0 bridgehead atoms. The van der Waals surface area contributed by atoms with Crippen LogP contribution < -0.4 is 5.32 Å². The molecule has 1 aromatic rings. The van der Waals surface area contributed by atoms with Crippen LogP contribution >= 0.6 is 0 Å². The average Bonchev–Trinajstić information content (AvgIpc) is 2.38. The van der Waals surface area contributed by atoms with Crippen molar-refractivity contribution in [2.75, 3.05) is 38.0 Å². The summed E-state index contributed by atoms with van der Waals surface area (Å²) >= 11 is 0. The number of aryl methyl sites for hydroxylation is 1. The van der Waals surface area contributed by atoms with Gasteiger partial charge >= 0.3 is 0 Å². The van der Waals surface area contributed by atoms with Crippen LogP contribution in [-0.4, -0.2) is 58.5 Å². The lowest BCUT2D eigenvalue weighted by Crippen LogP contribution is -2.51. The summed E-state index contributed by atoms with van der Waals surface area (Å²) in [5.74, 6) is 1.87. The number of hydrogen-bond donors (Lipinski definition) is 1. The van der Waals surface area contributed by atoms with E-state index in [1.54, 1.807) is 0 Å². The van der Waals surface area contributed by atoms with Crippen molar-refractivity contribution in [3.05, 3.63) is 17.6 Å². The standard InChI is InChI=1S/C15H27N5/c1-5-16-14-9-12(3)17-15(18-14)11-19-7-8-20(6-2)13(4)10-19/h9,13H,5-8,10-11H2,1-4H3,(H,16,17,18). The van der Waals surface area contributed by atoms with E-state index in [0.717, 1.165) is 56.6 Å².